The highest BCUT2D eigenvalue weighted by Gasteiger charge is 2.38. The molecule has 0 bridgehead atoms. The molecule has 0 aliphatic heterocycles. The van der Waals surface area contributed by atoms with Gasteiger partial charge in [0.25, 0.3) is 0 Å². The summed E-state index contributed by atoms with van der Waals surface area (Å²) in [7, 11) is 0. The van der Waals surface area contributed by atoms with Crippen LogP contribution in [0.3, 0.4) is 0 Å². The summed E-state index contributed by atoms with van der Waals surface area (Å²) in [6.45, 7) is 1.43. The fourth-order valence-electron chi connectivity index (χ4n) is 4.35. The van der Waals surface area contributed by atoms with Gasteiger partial charge in [-0.1, -0.05) is 18.2 Å². The van der Waals surface area contributed by atoms with E-state index in [9.17, 15) is 30.7 Å². The lowest BCUT2D eigenvalue weighted by molar-refractivity contribution is -0.143. The van der Waals surface area contributed by atoms with Crippen LogP contribution < -0.4 is 0 Å². The van der Waals surface area contributed by atoms with Gasteiger partial charge in [-0.15, -0.1) is 0 Å². The van der Waals surface area contributed by atoms with Crippen LogP contribution in [-0.2, 0) is 23.5 Å². The number of hydrogen-bond acceptors (Lipinski definition) is 2. The summed E-state index contributed by atoms with van der Waals surface area (Å²) in [6, 6.07) is 10.8. The highest BCUT2D eigenvalue weighted by Crippen LogP contribution is 2.42. The summed E-state index contributed by atoms with van der Waals surface area (Å²) in [5, 5.41) is 0. The number of alkyl halides is 6. The Bertz CT molecular complexity index is 1120. The first-order valence-electron chi connectivity index (χ1n) is 10.6. The van der Waals surface area contributed by atoms with Crippen molar-refractivity contribution in [1.82, 2.24) is 4.98 Å². The predicted octanol–water partition coefficient (Wildman–Crippen LogP) is 7.48. The number of aromatic nitrogens is 1. The molecule has 0 amide bonds. The van der Waals surface area contributed by atoms with Crippen molar-refractivity contribution in [2.45, 2.75) is 50.2 Å². The molecule has 0 unspecified atom stereocenters. The van der Waals surface area contributed by atoms with Crippen LogP contribution in [0.2, 0.25) is 0 Å². The highest BCUT2D eigenvalue weighted by atomic mass is 19.4. The Morgan fingerprint density at radius 1 is 0.912 bits per heavy atom. The van der Waals surface area contributed by atoms with Crippen molar-refractivity contribution in [3.05, 3.63) is 100 Å². The van der Waals surface area contributed by atoms with E-state index >= 15 is 0 Å². The Morgan fingerprint density at radius 2 is 1.53 bits per heavy atom. The fraction of sp³-hybridized carbons (Fsp3) is 0.320. The summed E-state index contributed by atoms with van der Waals surface area (Å²) < 4.78 is 99.4. The quantitative estimate of drug-likeness (QED) is 0.359. The topological polar surface area (TPSA) is 22.1 Å². The van der Waals surface area contributed by atoms with Crippen LogP contribution in [0.25, 0.3) is 0 Å². The second-order valence-electron chi connectivity index (χ2n) is 8.26. The molecule has 4 rings (SSSR count). The average molecular weight is 483 g/mol. The molecule has 0 spiro atoms. The lowest BCUT2D eigenvalue weighted by Gasteiger charge is -2.35. The second-order valence-corrected chi connectivity index (χ2v) is 8.26. The molecule has 1 aliphatic carbocycles. The van der Waals surface area contributed by atoms with E-state index in [4.69, 9.17) is 4.74 Å². The summed E-state index contributed by atoms with van der Waals surface area (Å²) in [5.74, 6) is -0.839. The number of benzene rings is 2. The maximum Gasteiger partial charge on any atom is 0.416 e. The van der Waals surface area contributed by atoms with Gasteiger partial charge in [0, 0.05) is 17.8 Å². The van der Waals surface area contributed by atoms with Crippen molar-refractivity contribution in [2.24, 2.45) is 0 Å². The molecule has 2 nitrogen and oxygen atoms in total. The van der Waals surface area contributed by atoms with E-state index in [0.717, 1.165) is 11.3 Å². The molecule has 1 aromatic heterocycles. The number of ether oxygens (including phenoxy) is 1. The van der Waals surface area contributed by atoms with Crippen molar-refractivity contribution in [3.63, 3.8) is 0 Å². The molecule has 0 fully saturated rings. The van der Waals surface area contributed by atoms with Crippen LogP contribution in [0.5, 0.6) is 0 Å². The van der Waals surface area contributed by atoms with E-state index in [1.54, 1.807) is 24.4 Å². The van der Waals surface area contributed by atoms with Gasteiger partial charge in [0.05, 0.1) is 23.3 Å². The van der Waals surface area contributed by atoms with Crippen LogP contribution in [0, 0.1) is 5.82 Å². The van der Waals surface area contributed by atoms with Crippen LogP contribution in [0.4, 0.5) is 30.7 Å². The third-order valence-electron chi connectivity index (χ3n) is 5.99. The molecule has 3 aromatic rings. The van der Waals surface area contributed by atoms with Gasteiger partial charge in [-0.25, -0.2) is 4.39 Å². The maximum atomic E-state index is 13.5. The molecule has 1 aliphatic rings. The maximum absolute atomic E-state index is 13.5. The Balaban J connectivity index is 1.70. The molecule has 34 heavy (non-hydrogen) atoms. The van der Waals surface area contributed by atoms with Gasteiger partial charge in [0.15, 0.2) is 0 Å². The van der Waals surface area contributed by atoms with Crippen molar-refractivity contribution in [1.29, 1.82) is 0 Å². The zero-order valence-electron chi connectivity index (χ0n) is 17.9. The largest absolute Gasteiger partial charge is 0.416 e. The van der Waals surface area contributed by atoms with E-state index in [1.165, 1.54) is 19.1 Å². The third-order valence-corrected chi connectivity index (χ3v) is 5.99. The van der Waals surface area contributed by atoms with E-state index in [1.807, 2.05) is 6.07 Å². The fourth-order valence-corrected chi connectivity index (χ4v) is 4.35. The minimum Gasteiger partial charge on any atom is -0.370 e. The van der Waals surface area contributed by atoms with Gasteiger partial charge < -0.3 is 4.74 Å². The molecule has 0 saturated carbocycles. The van der Waals surface area contributed by atoms with E-state index in [0.29, 0.717) is 30.5 Å². The number of nitrogens with zero attached hydrogens (tertiary/aromatic N) is 1. The summed E-state index contributed by atoms with van der Waals surface area (Å²) in [6.07, 6.45) is -8.89. The van der Waals surface area contributed by atoms with Crippen molar-refractivity contribution in [2.75, 3.05) is 0 Å². The van der Waals surface area contributed by atoms with Crippen LogP contribution in [0.15, 0.2) is 60.8 Å². The number of pyridine rings is 1. The highest BCUT2D eigenvalue weighted by molar-refractivity contribution is 5.39. The standard InChI is InChI=1S/C25H20F7NO/c1-14(16-11-17(24(27,28)29)13-18(12-16)25(30,31)32)34-22-9-8-21-20(3-2-10-33-21)23(22)15-4-6-19(26)7-5-15/h2-7,10-14,22-23H,8-9H2,1H3/t14-,22-,23+/m0/s1. The number of halogens is 7. The smallest absolute Gasteiger partial charge is 0.370 e. The molecule has 0 N–H and O–H groups in total. The lowest BCUT2D eigenvalue weighted by Crippen LogP contribution is -2.30. The molecule has 1 heterocycles. The Hall–Kier alpha value is -2.94. The number of aryl methyl sites for hydroxylation is 1. The van der Waals surface area contributed by atoms with Crippen LogP contribution in [-0.4, -0.2) is 11.1 Å². The van der Waals surface area contributed by atoms with Gasteiger partial charge >= 0.3 is 12.4 Å². The Morgan fingerprint density at radius 3 is 2.12 bits per heavy atom. The normalized spacial score (nSPS) is 19.5. The first-order chi connectivity index (χ1) is 15.9. The average Bonchev–Trinajstić information content (AvgIpc) is 2.78. The monoisotopic (exact) mass is 483 g/mol. The number of rotatable bonds is 4. The van der Waals surface area contributed by atoms with Crippen LogP contribution in [0.1, 0.15) is 58.9 Å². The first kappa shape index (κ1) is 24.2. The van der Waals surface area contributed by atoms with Crippen molar-refractivity contribution in [3.8, 4) is 0 Å². The SMILES string of the molecule is C[C@H](O[C@H]1CCc2ncccc2[C@H]1c1ccc(F)cc1)c1cc(C(F)(F)F)cc(C(F)(F)F)c1. The molecule has 3 atom stereocenters. The summed E-state index contributed by atoms with van der Waals surface area (Å²) >= 11 is 0. The minimum atomic E-state index is -4.94. The molecular formula is C25H20F7NO. The molecule has 9 heteroatoms. The van der Waals surface area contributed by atoms with Crippen LogP contribution >= 0.6 is 0 Å². The summed E-state index contributed by atoms with van der Waals surface area (Å²) in [5.41, 5.74) is -0.632. The molecule has 2 aromatic carbocycles. The van der Waals surface area contributed by atoms with Gasteiger partial charge in [-0.2, -0.15) is 26.3 Å². The zero-order valence-corrected chi connectivity index (χ0v) is 17.9. The van der Waals surface area contributed by atoms with Crippen molar-refractivity contribution < 1.29 is 35.5 Å². The van der Waals surface area contributed by atoms with E-state index < -0.39 is 47.4 Å². The molecule has 0 saturated heterocycles. The second kappa shape index (κ2) is 9.02. The van der Waals surface area contributed by atoms with Gasteiger partial charge in [0.1, 0.15) is 5.82 Å². The van der Waals surface area contributed by atoms with E-state index in [-0.39, 0.29) is 11.6 Å². The molecule has 0 radical (unpaired) electrons. The van der Waals surface area contributed by atoms with Gasteiger partial charge in [-0.05, 0) is 72.9 Å². The molecule has 180 valence electrons. The lowest BCUT2D eigenvalue weighted by atomic mass is 9.78. The number of fused-ring (bicyclic) bond motifs is 1. The third kappa shape index (κ3) is 5.09. The van der Waals surface area contributed by atoms with Crippen molar-refractivity contribution >= 4 is 0 Å². The van der Waals surface area contributed by atoms with Gasteiger partial charge in [-0.3, -0.25) is 4.98 Å². The Labute approximate surface area is 191 Å². The Kier molecular flexibility index (Phi) is 6.42. The minimum absolute atomic E-state index is 0.0973. The number of hydrogen-bond donors (Lipinski definition) is 0. The summed E-state index contributed by atoms with van der Waals surface area (Å²) in [4.78, 5) is 4.38. The predicted molar refractivity (Wildman–Crippen MR) is 111 cm³/mol. The first-order valence-corrected chi connectivity index (χ1v) is 10.6. The molecular weight excluding hydrogens is 463 g/mol. The van der Waals surface area contributed by atoms with Gasteiger partial charge in [0.2, 0.25) is 0 Å². The zero-order chi connectivity index (χ0) is 24.7. The van der Waals surface area contributed by atoms with E-state index in [2.05, 4.69) is 4.98 Å².